The van der Waals surface area contributed by atoms with Gasteiger partial charge in [-0.05, 0) is 30.7 Å². The van der Waals surface area contributed by atoms with Gasteiger partial charge >= 0.3 is 0 Å². The van der Waals surface area contributed by atoms with Crippen molar-refractivity contribution < 1.29 is 0 Å². The van der Waals surface area contributed by atoms with Crippen LogP contribution in [-0.2, 0) is 6.42 Å². The second-order valence-electron chi connectivity index (χ2n) is 5.01. The van der Waals surface area contributed by atoms with Crippen molar-refractivity contribution in [2.75, 3.05) is 0 Å². The Kier molecular flexibility index (Phi) is 3.70. The first-order chi connectivity index (χ1) is 6.49. The smallest absolute Gasteiger partial charge is 0.00156 e. The normalized spacial score (nSPS) is 14.0. The predicted octanol–water partition coefficient (Wildman–Crippen LogP) is 2.99. The van der Waals surface area contributed by atoms with Gasteiger partial charge in [0, 0.05) is 6.04 Å². The van der Waals surface area contributed by atoms with Gasteiger partial charge in [0.15, 0.2) is 0 Å². The molecule has 0 aliphatic heterocycles. The van der Waals surface area contributed by atoms with Crippen LogP contribution in [0.4, 0.5) is 0 Å². The SMILES string of the molecule is CC(N)CC(C)(C)Cc1ccccc1. The maximum atomic E-state index is 5.83. The molecule has 0 spiro atoms. The summed E-state index contributed by atoms with van der Waals surface area (Å²) in [5.74, 6) is 0. The largest absolute Gasteiger partial charge is 0.328 e. The van der Waals surface area contributed by atoms with Gasteiger partial charge in [-0.25, -0.2) is 0 Å². The van der Waals surface area contributed by atoms with E-state index in [9.17, 15) is 0 Å². The van der Waals surface area contributed by atoms with E-state index in [4.69, 9.17) is 5.73 Å². The summed E-state index contributed by atoms with van der Waals surface area (Å²) in [7, 11) is 0. The quantitative estimate of drug-likeness (QED) is 0.778. The van der Waals surface area contributed by atoms with Gasteiger partial charge in [-0.15, -0.1) is 0 Å². The lowest BCUT2D eigenvalue weighted by molar-refractivity contribution is 0.309. The van der Waals surface area contributed by atoms with Crippen LogP contribution < -0.4 is 5.73 Å². The van der Waals surface area contributed by atoms with Crippen molar-refractivity contribution in [2.24, 2.45) is 11.1 Å². The standard InChI is InChI=1S/C13H21N/c1-11(14)9-13(2,3)10-12-7-5-4-6-8-12/h4-8,11H,9-10,14H2,1-3H3. The summed E-state index contributed by atoms with van der Waals surface area (Å²) in [6, 6.07) is 10.9. The van der Waals surface area contributed by atoms with Gasteiger partial charge in [0.2, 0.25) is 0 Å². The molecule has 0 aliphatic rings. The van der Waals surface area contributed by atoms with Crippen molar-refractivity contribution in [3.8, 4) is 0 Å². The molecule has 0 heterocycles. The fraction of sp³-hybridized carbons (Fsp3) is 0.538. The predicted molar refractivity (Wildman–Crippen MR) is 62.2 cm³/mol. The zero-order chi connectivity index (χ0) is 10.6. The van der Waals surface area contributed by atoms with E-state index < -0.39 is 0 Å². The zero-order valence-electron chi connectivity index (χ0n) is 9.46. The van der Waals surface area contributed by atoms with Gasteiger partial charge in [0.25, 0.3) is 0 Å². The van der Waals surface area contributed by atoms with Gasteiger partial charge in [-0.2, -0.15) is 0 Å². The lowest BCUT2D eigenvalue weighted by Crippen LogP contribution is -2.26. The van der Waals surface area contributed by atoms with Crippen LogP contribution in [0.25, 0.3) is 0 Å². The molecule has 0 aromatic heterocycles. The molecule has 2 N–H and O–H groups in total. The first kappa shape index (κ1) is 11.3. The van der Waals surface area contributed by atoms with Crippen molar-refractivity contribution in [3.05, 3.63) is 35.9 Å². The molecule has 1 rings (SSSR count). The molecular formula is C13H21N. The number of hydrogen-bond acceptors (Lipinski definition) is 1. The molecule has 14 heavy (non-hydrogen) atoms. The summed E-state index contributed by atoms with van der Waals surface area (Å²) < 4.78 is 0. The van der Waals surface area contributed by atoms with Crippen molar-refractivity contribution in [1.82, 2.24) is 0 Å². The molecule has 0 amide bonds. The van der Waals surface area contributed by atoms with E-state index in [0.717, 1.165) is 12.8 Å². The van der Waals surface area contributed by atoms with E-state index >= 15 is 0 Å². The highest BCUT2D eigenvalue weighted by atomic mass is 14.6. The van der Waals surface area contributed by atoms with Crippen LogP contribution in [0, 0.1) is 5.41 Å². The molecule has 1 nitrogen and oxygen atoms in total. The highest BCUT2D eigenvalue weighted by Crippen LogP contribution is 2.26. The van der Waals surface area contributed by atoms with Crippen molar-refractivity contribution in [1.29, 1.82) is 0 Å². The van der Waals surface area contributed by atoms with Crippen molar-refractivity contribution in [3.63, 3.8) is 0 Å². The van der Waals surface area contributed by atoms with Gasteiger partial charge in [-0.3, -0.25) is 0 Å². The minimum Gasteiger partial charge on any atom is -0.328 e. The molecule has 0 saturated heterocycles. The second kappa shape index (κ2) is 4.61. The summed E-state index contributed by atoms with van der Waals surface area (Å²) in [5, 5.41) is 0. The van der Waals surface area contributed by atoms with E-state index in [1.807, 2.05) is 0 Å². The van der Waals surface area contributed by atoms with Gasteiger partial charge in [0.1, 0.15) is 0 Å². The van der Waals surface area contributed by atoms with Crippen molar-refractivity contribution in [2.45, 2.75) is 39.7 Å². The van der Waals surface area contributed by atoms with Gasteiger partial charge in [-0.1, -0.05) is 44.2 Å². The van der Waals surface area contributed by atoms with Gasteiger partial charge in [0.05, 0.1) is 0 Å². The lowest BCUT2D eigenvalue weighted by atomic mass is 9.80. The highest BCUT2D eigenvalue weighted by Gasteiger charge is 2.19. The van der Waals surface area contributed by atoms with E-state index in [0.29, 0.717) is 5.41 Å². The Bertz CT molecular complexity index is 262. The fourth-order valence-electron chi connectivity index (χ4n) is 2.09. The molecule has 0 radical (unpaired) electrons. The molecule has 0 saturated carbocycles. The molecule has 78 valence electrons. The van der Waals surface area contributed by atoms with Crippen LogP contribution >= 0.6 is 0 Å². The summed E-state index contributed by atoms with van der Waals surface area (Å²) in [4.78, 5) is 0. The minimum absolute atomic E-state index is 0.286. The Morgan fingerprint density at radius 3 is 2.29 bits per heavy atom. The van der Waals surface area contributed by atoms with E-state index in [1.54, 1.807) is 0 Å². The minimum atomic E-state index is 0.286. The maximum Gasteiger partial charge on any atom is 0.00156 e. The van der Waals surface area contributed by atoms with Crippen LogP contribution in [0.2, 0.25) is 0 Å². The van der Waals surface area contributed by atoms with Crippen LogP contribution in [-0.4, -0.2) is 6.04 Å². The number of hydrogen-bond donors (Lipinski definition) is 1. The Labute approximate surface area is 87.3 Å². The molecule has 1 unspecified atom stereocenters. The third-order valence-electron chi connectivity index (χ3n) is 2.40. The number of nitrogens with two attached hydrogens (primary N) is 1. The summed E-state index contributed by atoms with van der Waals surface area (Å²) in [6.07, 6.45) is 2.18. The Morgan fingerprint density at radius 2 is 1.79 bits per heavy atom. The maximum absolute atomic E-state index is 5.83. The zero-order valence-corrected chi connectivity index (χ0v) is 9.46. The monoisotopic (exact) mass is 191 g/mol. The first-order valence-electron chi connectivity index (χ1n) is 5.29. The summed E-state index contributed by atoms with van der Waals surface area (Å²) in [5.41, 5.74) is 7.53. The van der Waals surface area contributed by atoms with Crippen molar-refractivity contribution >= 4 is 0 Å². The molecule has 1 atom stereocenters. The second-order valence-corrected chi connectivity index (χ2v) is 5.01. The average Bonchev–Trinajstić information content (AvgIpc) is 2.02. The fourth-order valence-corrected chi connectivity index (χ4v) is 2.09. The van der Waals surface area contributed by atoms with Crippen LogP contribution in [0.3, 0.4) is 0 Å². The number of benzene rings is 1. The molecule has 0 fully saturated rings. The first-order valence-corrected chi connectivity index (χ1v) is 5.29. The Hall–Kier alpha value is -0.820. The third-order valence-corrected chi connectivity index (χ3v) is 2.40. The van der Waals surface area contributed by atoms with Crippen LogP contribution in [0.5, 0.6) is 0 Å². The van der Waals surface area contributed by atoms with E-state index in [2.05, 4.69) is 51.1 Å². The Morgan fingerprint density at radius 1 is 1.21 bits per heavy atom. The molecule has 1 heteroatoms. The average molecular weight is 191 g/mol. The summed E-state index contributed by atoms with van der Waals surface area (Å²) >= 11 is 0. The van der Waals surface area contributed by atoms with E-state index in [-0.39, 0.29) is 6.04 Å². The summed E-state index contributed by atoms with van der Waals surface area (Å²) in [6.45, 7) is 6.64. The molecule has 1 aromatic carbocycles. The topological polar surface area (TPSA) is 26.0 Å². The lowest BCUT2D eigenvalue weighted by Gasteiger charge is -2.26. The van der Waals surface area contributed by atoms with Crippen LogP contribution in [0.1, 0.15) is 32.8 Å². The van der Waals surface area contributed by atoms with Gasteiger partial charge < -0.3 is 5.73 Å². The Balaban J connectivity index is 2.59. The van der Waals surface area contributed by atoms with Crippen LogP contribution in [0.15, 0.2) is 30.3 Å². The third kappa shape index (κ3) is 3.93. The molecule has 0 aliphatic carbocycles. The molecule has 1 aromatic rings. The molecular weight excluding hydrogens is 170 g/mol. The highest BCUT2D eigenvalue weighted by molar-refractivity contribution is 5.16. The number of rotatable bonds is 4. The van der Waals surface area contributed by atoms with E-state index in [1.165, 1.54) is 5.56 Å². The molecule has 0 bridgehead atoms.